The van der Waals surface area contributed by atoms with Gasteiger partial charge in [-0.2, -0.15) is 0 Å². The van der Waals surface area contributed by atoms with Crippen molar-refractivity contribution < 1.29 is 4.79 Å². The van der Waals surface area contributed by atoms with Gasteiger partial charge in [0, 0.05) is 5.92 Å². The van der Waals surface area contributed by atoms with Crippen molar-refractivity contribution in [1.82, 2.24) is 0 Å². The van der Waals surface area contributed by atoms with Gasteiger partial charge in [-0.3, -0.25) is 4.79 Å². The molecule has 0 radical (unpaired) electrons. The second-order valence-corrected chi connectivity index (χ2v) is 5.36. The van der Waals surface area contributed by atoms with Crippen molar-refractivity contribution in [3.8, 4) is 0 Å². The summed E-state index contributed by atoms with van der Waals surface area (Å²) in [4.78, 5) is 11.3. The van der Waals surface area contributed by atoms with Gasteiger partial charge in [0.15, 0.2) is 0 Å². The zero-order valence-corrected chi connectivity index (χ0v) is 7.91. The van der Waals surface area contributed by atoms with Crippen molar-refractivity contribution in [1.29, 1.82) is 0 Å². The van der Waals surface area contributed by atoms with Crippen LogP contribution in [0.3, 0.4) is 0 Å². The standard InChI is InChI=1S/C11H17NO/c12-11(13)10-8-2-6-1-7(4-8)5-9(10)3-6/h6-10H,1-5H2,(H2,12,13). The van der Waals surface area contributed by atoms with Gasteiger partial charge in [0.1, 0.15) is 0 Å². The Balaban J connectivity index is 1.89. The van der Waals surface area contributed by atoms with Gasteiger partial charge < -0.3 is 5.73 Å². The van der Waals surface area contributed by atoms with Crippen LogP contribution in [0.2, 0.25) is 0 Å². The maximum Gasteiger partial charge on any atom is 0.221 e. The summed E-state index contributed by atoms with van der Waals surface area (Å²) in [5.41, 5.74) is 5.48. The van der Waals surface area contributed by atoms with Crippen LogP contribution >= 0.6 is 0 Å². The minimum absolute atomic E-state index is 0.0196. The van der Waals surface area contributed by atoms with E-state index in [9.17, 15) is 4.79 Å². The SMILES string of the molecule is NC(=O)C1C2CC3CC(C2)CC1C3. The van der Waals surface area contributed by atoms with Crippen LogP contribution < -0.4 is 5.73 Å². The molecule has 4 fully saturated rings. The summed E-state index contributed by atoms with van der Waals surface area (Å²) in [6.45, 7) is 0. The summed E-state index contributed by atoms with van der Waals surface area (Å²) in [7, 11) is 0. The van der Waals surface area contributed by atoms with Crippen LogP contribution in [0.25, 0.3) is 0 Å². The predicted molar refractivity (Wildman–Crippen MR) is 49.7 cm³/mol. The first kappa shape index (κ1) is 7.84. The third-order valence-corrected chi connectivity index (χ3v) is 4.56. The zero-order valence-electron chi connectivity index (χ0n) is 7.91. The van der Waals surface area contributed by atoms with E-state index in [-0.39, 0.29) is 11.8 Å². The van der Waals surface area contributed by atoms with E-state index in [2.05, 4.69) is 0 Å². The molecule has 4 saturated carbocycles. The van der Waals surface area contributed by atoms with Crippen LogP contribution in [0.15, 0.2) is 0 Å². The molecular formula is C11H17NO. The topological polar surface area (TPSA) is 43.1 Å². The molecule has 0 atom stereocenters. The van der Waals surface area contributed by atoms with Crippen LogP contribution in [-0.4, -0.2) is 5.91 Å². The fourth-order valence-corrected chi connectivity index (χ4v) is 4.39. The normalized spacial score (nSPS) is 52.5. The molecule has 0 aliphatic heterocycles. The molecule has 2 N–H and O–H groups in total. The quantitative estimate of drug-likeness (QED) is 0.652. The number of carbonyl (C=O) groups excluding carboxylic acids is 1. The number of amides is 1. The lowest BCUT2D eigenvalue weighted by Gasteiger charge is -2.53. The molecule has 4 rings (SSSR count). The van der Waals surface area contributed by atoms with Gasteiger partial charge in [-0.05, 0) is 55.8 Å². The van der Waals surface area contributed by atoms with Crippen LogP contribution in [-0.2, 0) is 4.79 Å². The molecule has 0 spiro atoms. The first-order valence-electron chi connectivity index (χ1n) is 5.53. The number of carbonyl (C=O) groups is 1. The van der Waals surface area contributed by atoms with Gasteiger partial charge in [0.25, 0.3) is 0 Å². The van der Waals surface area contributed by atoms with Gasteiger partial charge in [-0.15, -0.1) is 0 Å². The van der Waals surface area contributed by atoms with Crippen molar-refractivity contribution in [2.45, 2.75) is 32.1 Å². The van der Waals surface area contributed by atoms with E-state index in [1.165, 1.54) is 32.1 Å². The maximum atomic E-state index is 11.3. The first-order valence-corrected chi connectivity index (χ1v) is 5.53. The largest absolute Gasteiger partial charge is 0.369 e. The summed E-state index contributed by atoms with van der Waals surface area (Å²) < 4.78 is 0. The molecule has 4 aliphatic carbocycles. The maximum absolute atomic E-state index is 11.3. The Bertz CT molecular complexity index is 220. The lowest BCUT2D eigenvalue weighted by molar-refractivity contribution is -0.134. The molecule has 4 aliphatic rings. The highest BCUT2D eigenvalue weighted by atomic mass is 16.1. The second-order valence-electron chi connectivity index (χ2n) is 5.36. The van der Waals surface area contributed by atoms with Crippen molar-refractivity contribution in [2.75, 3.05) is 0 Å². The molecule has 13 heavy (non-hydrogen) atoms. The van der Waals surface area contributed by atoms with Gasteiger partial charge in [0.05, 0.1) is 0 Å². The molecule has 0 aromatic rings. The molecule has 0 heterocycles. The van der Waals surface area contributed by atoms with E-state index in [1.54, 1.807) is 0 Å². The van der Waals surface area contributed by atoms with Gasteiger partial charge in [0.2, 0.25) is 5.91 Å². The Labute approximate surface area is 78.9 Å². The number of rotatable bonds is 1. The van der Waals surface area contributed by atoms with E-state index in [0.29, 0.717) is 11.8 Å². The molecule has 0 aromatic heterocycles. The lowest BCUT2D eigenvalue weighted by Crippen LogP contribution is -2.49. The second kappa shape index (κ2) is 2.49. The molecular weight excluding hydrogens is 162 g/mol. The summed E-state index contributed by atoms with van der Waals surface area (Å²) >= 11 is 0. The monoisotopic (exact) mass is 179 g/mol. The van der Waals surface area contributed by atoms with Gasteiger partial charge in [-0.25, -0.2) is 0 Å². The molecule has 2 heteroatoms. The van der Waals surface area contributed by atoms with Crippen LogP contribution in [0.4, 0.5) is 0 Å². The minimum Gasteiger partial charge on any atom is -0.369 e. The lowest BCUT2D eigenvalue weighted by atomic mass is 9.52. The highest BCUT2D eigenvalue weighted by molar-refractivity contribution is 5.77. The van der Waals surface area contributed by atoms with Crippen LogP contribution in [0.1, 0.15) is 32.1 Å². The van der Waals surface area contributed by atoms with Crippen LogP contribution in [0.5, 0.6) is 0 Å². The third-order valence-electron chi connectivity index (χ3n) is 4.56. The first-order chi connectivity index (χ1) is 6.24. The van der Waals surface area contributed by atoms with E-state index in [4.69, 9.17) is 5.73 Å². The Morgan fingerprint density at radius 2 is 1.38 bits per heavy atom. The number of primary amides is 1. The van der Waals surface area contributed by atoms with Crippen molar-refractivity contribution in [3.05, 3.63) is 0 Å². The zero-order chi connectivity index (χ0) is 9.00. The van der Waals surface area contributed by atoms with E-state index >= 15 is 0 Å². The highest BCUT2D eigenvalue weighted by Gasteiger charge is 2.50. The molecule has 1 amide bonds. The van der Waals surface area contributed by atoms with E-state index in [0.717, 1.165) is 11.8 Å². The fraction of sp³-hybridized carbons (Fsp3) is 0.909. The Hall–Kier alpha value is -0.530. The summed E-state index contributed by atoms with van der Waals surface area (Å²) in [5, 5.41) is 0. The molecule has 2 nitrogen and oxygen atoms in total. The summed E-state index contributed by atoms with van der Waals surface area (Å²) in [5.74, 6) is 3.43. The molecule has 0 unspecified atom stereocenters. The van der Waals surface area contributed by atoms with Crippen molar-refractivity contribution in [2.24, 2.45) is 35.3 Å². The summed E-state index contributed by atoms with van der Waals surface area (Å²) in [6.07, 6.45) is 6.61. The smallest absolute Gasteiger partial charge is 0.221 e. The van der Waals surface area contributed by atoms with Crippen molar-refractivity contribution in [3.63, 3.8) is 0 Å². The van der Waals surface area contributed by atoms with Crippen LogP contribution in [0, 0.1) is 29.6 Å². The molecule has 72 valence electrons. The van der Waals surface area contributed by atoms with Gasteiger partial charge in [-0.1, -0.05) is 0 Å². The fourth-order valence-electron chi connectivity index (χ4n) is 4.39. The molecule has 4 bridgehead atoms. The van der Waals surface area contributed by atoms with Gasteiger partial charge >= 0.3 is 0 Å². The number of hydrogen-bond donors (Lipinski definition) is 1. The van der Waals surface area contributed by atoms with Crippen molar-refractivity contribution >= 4 is 5.91 Å². The minimum atomic E-state index is -0.0196. The average molecular weight is 179 g/mol. The number of hydrogen-bond acceptors (Lipinski definition) is 1. The predicted octanol–water partition coefficient (Wildman–Crippen LogP) is 1.54. The Morgan fingerprint density at radius 3 is 1.77 bits per heavy atom. The summed E-state index contributed by atoms with van der Waals surface area (Å²) in [6, 6.07) is 0. The average Bonchev–Trinajstić information content (AvgIpc) is 2.00. The van der Waals surface area contributed by atoms with E-state index < -0.39 is 0 Å². The molecule has 0 saturated heterocycles. The number of nitrogens with two attached hydrogens (primary N) is 1. The Kier molecular flexibility index (Phi) is 1.50. The van der Waals surface area contributed by atoms with E-state index in [1.807, 2.05) is 0 Å². The highest BCUT2D eigenvalue weighted by Crippen LogP contribution is 2.56. The third kappa shape index (κ3) is 1.04. The Morgan fingerprint density at radius 1 is 0.923 bits per heavy atom. The molecule has 0 aromatic carbocycles.